The highest BCUT2D eigenvalue weighted by Crippen LogP contribution is 2.16. The lowest BCUT2D eigenvalue weighted by molar-refractivity contribution is -0.131. The second kappa shape index (κ2) is 7.71. The number of fused-ring (bicyclic) bond motifs is 1. The second-order valence-corrected chi connectivity index (χ2v) is 7.48. The Kier molecular flexibility index (Phi) is 5.13. The van der Waals surface area contributed by atoms with Crippen LogP contribution in [0.5, 0.6) is 0 Å². The van der Waals surface area contributed by atoms with Gasteiger partial charge in [-0.05, 0) is 18.9 Å². The van der Waals surface area contributed by atoms with Crippen molar-refractivity contribution in [2.45, 2.75) is 12.8 Å². The molecule has 0 aliphatic carbocycles. The number of rotatable bonds is 3. The number of likely N-dealkylation sites (tertiary alicyclic amines) is 1. The lowest BCUT2D eigenvalue weighted by Gasteiger charge is -2.35. The first-order valence-electron chi connectivity index (χ1n) is 9.80. The molecule has 0 radical (unpaired) electrons. The van der Waals surface area contributed by atoms with E-state index in [0.717, 1.165) is 25.9 Å². The molecular formula is C20H25N5O3. The van der Waals surface area contributed by atoms with Crippen LogP contribution < -0.4 is 5.56 Å². The maximum absolute atomic E-state index is 13.1. The predicted octanol–water partition coefficient (Wildman–Crippen LogP) is 0.314. The van der Waals surface area contributed by atoms with Gasteiger partial charge in [0.25, 0.3) is 11.5 Å². The molecular weight excluding hydrogens is 358 g/mol. The van der Waals surface area contributed by atoms with Gasteiger partial charge in [-0.3, -0.25) is 19.3 Å². The minimum absolute atomic E-state index is 0.169. The van der Waals surface area contributed by atoms with E-state index in [1.54, 1.807) is 30.1 Å². The fraction of sp³-hybridized carbons (Fsp3) is 0.500. The number of piperazine rings is 1. The summed E-state index contributed by atoms with van der Waals surface area (Å²) in [6.45, 7) is 4.56. The largest absolute Gasteiger partial charge is 0.342 e. The lowest BCUT2D eigenvalue weighted by Crippen LogP contribution is -2.51. The molecule has 2 aromatic rings. The van der Waals surface area contributed by atoms with E-state index < -0.39 is 0 Å². The molecule has 2 amide bonds. The lowest BCUT2D eigenvalue weighted by atomic mass is 10.1. The zero-order valence-electron chi connectivity index (χ0n) is 16.1. The van der Waals surface area contributed by atoms with Crippen molar-refractivity contribution >= 4 is 22.6 Å². The van der Waals surface area contributed by atoms with Crippen LogP contribution in [-0.4, -0.2) is 82.1 Å². The quantitative estimate of drug-likeness (QED) is 0.763. The van der Waals surface area contributed by atoms with Crippen molar-refractivity contribution in [1.82, 2.24) is 24.5 Å². The van der Waals surface area contributed by atoms with E-state index in [9.17, 15) is 14.4 Å². The highest BCUT2D eigenvalue weighted by Gasteiger charge is 2.27. The normalized spacial score (nSPS) is 18.0. The van der Waals surface area contributed by atoms with Crippen LogP contribution in [0.2, 0.25) is 0 Å². The van der Waals surface area contributed by atoms with Crippen LogP contribution in [0.4, 0.5) is 0 Å². The molecule has 4 rings (SSSR count). The van der Waals surface area contributed by atoms with E-state index in [1.165, 1.54) is 4.68 Å². The molecule has 28 heavy (non-hydrogen) atoms. The molecule has 2 saturated heterocycles. The molecule has 2 aliphatic rings. The number of aromatic nitrogens is 2. The highest BCUT2D eigenvalue weighted by molar-refractivity contribution is 6.04. The molecule has 2 aliphatic heterocycles. The number of hydrogen-bond donors (Lipinski definition) is 0. The zero-order chi connectivity index (χ0) is 19.7. The summed E-state index contributed by atoms with van der Waals surface area (Å²) in [6.07, 6.45) is 2.18. The topological polar surface area (TPSA) is 78.8 Å². The van der Waals surface area contributed by atoms with E-state index in [4.69, 9.17) is 0 Å². The maximum Gasteiger partial charge on any atom is 0.275 e. The van der Waals surface area contributed by atoms with E-state index in [1.807, 2.05) is 11.0 Å². The van der Waals surface area contributed by atoms with E-state index >= 15 is 0 Å². The van der Waals surface area contributed by atoms with Gasteiger partial charge < -0.3 is 9.80 Å². The molecule has 1 aromatic heterocycles. The third-order valence-electron chi connectivity index (χ3n) is 5.64. The van der Waals surface area contributed by atoms with Gasteiger partial charge in [0.05, 0.1) is 11.9 Å². The molecule has 0 bridgehead atoms. The van der Waals surface area contributed by atoms with Crippen molar-refractivity contribution in [3.05, 3.63) is 40.3 Å². The van der Waals surface area contributed by atoms with Gasteiger partial charge in [-0.15, -0.1) is 0 Å². The standard InChI is InChI=1S/C20H25N5O3/c1-22-19(27)16-7-3-2-6-15(16)18(21-22)20(28)25-12-10-23(11-13-25)14-17(26)24-8-4-5-9-24/h2-3,6-7H,4-5,8-14H2,1H3. The molecule has 0 unspecified atom stereocenters. The summed E-state index contributed by atoms with van der Waals surface area (Å²) in [5.74, 6) is 0.0142. The van der Waals surface area contributed by atoms with Crippen molar-refractivity contribution in [2.24, 2.45) is 7.05 Å². The number of aryl methyl sites for hydroxylation is 1. The molecule has 0 spiro atoms. The van der Waals surface area contributed by atoms with E-state index in [0.29, 0.717) is 49.2 Å². The van der Waals surface area contributed by atoms with E-state index in [-0.39, 0.29) is 17.4 Å². The number of hydrogen-bond acceptors (Lipinski definition) is 5. The van der Waals surface area contributed by atoms with Gasteiger partial charge in [0.1, 0.15) is 0 Å². The maximum atomic E-state index is 13.1. The van der Waals surface area contributed by atoms with Crippen LogP contribution >= 0.6 is 0 Å². The van der Waals surface area contributed by atoms with Crippen molar-refractivity contribution in [3.63, 3.8) is 0 Å². The fourth-order valence-electron chi connectivity index (χ4n) is 3.97. The van der Waals surface area contributed by atoms with Gasteiger partial charge in [-0.2, -0.15) is 5.10 Å². The van der Waals surface area contributed by atoms with Crippen molar-refractivity contribution < 1.29 is 9.59 Å². The second-order valence-electron chi connectivity index (χ2n) is 7.48. The Morgan fingerprint density at radius 1 is 0.929 bits per heavy atom. The van der Waals surface area contributed by atoms with Crippen LogP contribution in [0.1, 0.15) is 23.3 Å². The summed E-state index contributed by atoms with van der Waals surface area (Å²) >= 11 is 0. The smallest absolute Gasteiger partial charge is 0.275 e. The SMILES string of the molecule is Cn1nc(C(=O)N2CCN(CC(=O)N3CCCC3)CC2)c2ccccc2c1=O. The van der Waals surface area contributed by atoms with Gasteiger partial charge in [-0.25, -0.2) is 4.68 Å². The van der Waals surface area contributed by atoms with Gasteiger partial charge in [0.15, 0.2) is 5.69 Å². The van der Waals surface area contributed by atoms with Gasteiger partial charge in [-0.1, -0.05) is 18.2 Å². The van der Waals surface area contributed by atoms with E-state index in [2.05, 4.69) is 10.00 Å². The molecule has 0 atom stereocenters. The van der Waals surface area contributed by atoms with Crippen LogP contribution in [0.15, 0.2) is 29.1 Å². The summed E-state index contributed by atoms with van der Waals surface area (Å²) in [5, 5.41) is 5.32. The van der Waals surface area contributed by atoms with Crippen molar-refractivity contribution in [2.75, 3.05) is 45.8 Å². The third kappa shape index (κ3) is 3.52. The third-order valence-corrected chi connectivity index (χ3v) is 5.64. The van der Waals surface area contributed by atoms with Crippen molar-refractivity contribution in [3.8, 4) is 0 Å². The molecule has 8 nitrogen and oxygen atoms in total. The Labute approximate surface area is 163 Å². The summed E-state index contributed by atoms with van der Waals surface area (Å²) in [7, 11) is 1.56. The first kappa shape index (κ1) is 18.6. The Morgan fingerprint density at radius 2 is 1.57 bits per heavy atom. The number of benzene rings is 1. The molecule has 2 fully saturated rings. The zero-order valence-corrected chi connectivity index (χ0v) is 16.1. The molecule has 8 heteroatoms. The Bertz CT molecular complexity index is 956. The van der Waals surface area contributed by atoms with Crippen LogP contribution in [0.25, 0.3) is 10.8 Å². The minimum Gasteiger partial charge on any atom is -0.342 e. The Hall–Kier alpha value is -2.74. The number of amides is 2. The summed E-state index contributed by atoms with van der Waals surface area (Å²) in [4.78, 5) is 43.5. The average molecular weight is 383 g/mol. The average Bonchev–Trinajstić information content (AvgIpc) is 3.26. The monoisotopic (exact) mass is 383 g/mol. The van der Waals surface area contributed by atoms with Crippen molar-refractivity contribution in [1.29, 1.82) is 0 Å². The van der Waals surface area contributed by atoms with Gasteiger partial charge in [0, 0.05) is 51.7 Å². The minimum atomic E-state index is -0.211. The van der Waals surface area contributed by atoms with Crippen LogP contribution in [0.3, 0.4) is 0 Å². The Morgan fingerprint density at radius 3 is 2.25 bits per heavy atom. The summed E-state index contributed by atoms with van der Waals surface area (Å²) in [5.41, 5.74) is 0.0942. The number of nitrogens with zero attached hydrogens (tertiary/aromatic N) is 5. The first-order chi connectivity index (χ1) is 13.5. The molecule has 0 saturated carbocycles. The number of carbonyl (C=O) groups excluding carboxylic acids is 2. The summed E-state index contributed by atoms with van der Waals surface area (Å²) in [6, 6.07) is 7.08. The first-order valence-corrected chi connectivity index (χ1v) is 9.80. The predicted molar refractivity (Wildman–Crippen MR) is 105 cm³/mol. The van der Waals surface area contributed by atoms with Gasteiger partial charge >= 0.3 is 0 Å². The Balaban J connectivity index is 1.45. The van der Waals surface area contributed by atoms with Crippen LogP contribution in [0, 0.1) is 0 Å². The molecule has 3 heterocycles. The van der Waals surface area contributed by atoms with Crippen LogP contribution in [-0.2, 0) is 11.8 Å². The highest BCUT2D eigenvalue weighted by atomic mass is 16.2. The summed E-state index contributed by atoms with van der Waals surface area (Å²) < 4.78 is 1.22. The fourth-order valence-corrected chi connectivity index (χ4v) is 3.97. The van der Waals surface area contributed by atoms with Gasteiger partial charge in [0.2, 0.25) is 5.91 Å². The molecule has 1 aromatic carbocycles. The molecule has 0 N–H and O–H groups in total. The molecule has 148 valence electrons. The number of carbonyl (C=O) groups is 2.